The maximum absolute atomic E-state index is 11.5. The lowest BCUT2D eigenvalue weighted by molar-refractivity contribution is -0.140. The molecule has 2 aromatic heterocycles. The van der Waals surface area contributed by atoms with Crippen LogP contribution in [0.3, 0.4) is 0 Å². The summed E-state index contributed by atoms with van der Waals surface area (Å²) in [6, 6.07) is 8.73. The molecule has 5 rings (SSSR count). The van der Waals surface area contributed by atoms with E-state index in [9.17, 15) is 4.79 Å². The number of nitrogens with two attached hydrogens (primary N) is 1. The number of fused-ring (bicyclic) bond motifs is 1. The minimum atomic E-state index is -0.197. The van der Waals surface area contributed by atoms with Crippen LogP contribution in [0.1, 0.15) is 37.3 Å². The number of carbonyl (C=O) groups is 1. The number of nitrogen functional groups attached to an aromatic ring is 1. The van der Waals surface area contributed by atoms with Crippen LogP contribution in [0.4, 0.5) is 5.82 Å². The molecule has 0 radical (unpaired) electrons. The molecule has 2 N–H and O–H groups in total. The topological polar surface area (TPSA) is 86.3 Å². The second kappa shape index (κ2) is 8.30. The standard InChI is InChI=1S/C24H29N5O2/c1-31-21(30)7-6-16-4-2-5-18(10-16)20-14-29(24-22(20)23(25)26-15-27-24)19-11-17(12-19)13-28-8-3-9-28/h2,4-5,10,14-15,17,19H,3,6-9,11-13H2,1H3,(H2,25,26,27). The Bertz CT molecular complexity index is 1100. The number of aromatic nitrogens is 3. The Kier molecular flexibility index (Phi) is 5.36. The van der Waals surface area contributed by atoms with Crippen LogP contribution in [0, 0.1) is 5.92 Å². The first-order chi connectivity index (χ1) is 15.1. The molecule has 1 saturated carbocycles. The number of carbonyl (C=O) groups excluding carboxylic acids is 1. The van der Waals surface area contributed by atoms with E-state index in [0.29, 0.717) is 24.7 Å². The molecule has 3 aromatic rings. The number of rotatable bonds is 7. The number of hydrogen-bond donors (Lipinski definition) is 1. The Balaban J connectivity index is 1.42. The summed E-state index contributed by atoms with van der Waals surface area (Å²) in [7, 11) is 1.42. The maximum Gasteiger partial charge on any atom is 0.305 e. The molecule has 2 fully saturated rings. The van der Waals surface area contributed by atoms with Crippen molar-refractivity contribution in [3.63, 3.8) is 0 Å². The van der Waals surface area contributed by atoms with Crippen molar-refractivity contribution in [1.82, 2.24) is 19.4 Å². The van der Waals surface area contributed by atoms with Gasteiger partial charge in [-0.15, -0.1) is 0 Å². The van der Waals surface area contributed by atoms with Crippen molar-refractivity contribution < 1.29 is 9.53 Å². The number of ether oxygens (including phenoxy) is 1. The van der Waals surface area contributed by atoms with Crippen LogP contribution < -0.4 is 5.73 Å². The molecule has 0 amide bonds. The Labute approximate surface area is 182 Å². The fraction of sp³-hybridized carbons (Fsp3) is 0.458. The van der Waals surface area contributed by atoms with Crippen LogP contribution in [-0.2, 0) is 16.0 Å². The van der Waals surface area contributed by atoms with Gasteiger partial charge in [-0.1, -0.05) is 24.3 Å². The van der Waals surface area contributed by atoms with Gasteiger partial charge in [-0.3, -0.25) is 4.79 Å². The molecular formula is C24H29N5O2. The Morgan fingerprint density at radius 1 is 1.26 bits per heavy atom. The SMILES string of the molecule is COC(=O)CCc1cccc(-c2cn(C3CC(CN4CCC4)C3)c3ncnc(N)c23)c1. The van der Waals surface area contributed by atoms with E-state index in [1.165, 1.54) is 46.0 Å². The first kappa shape index (κ1) is 20.0. The van der Waals surface area contributed by atoms with E-state index < -0.39 is 0 Å². The third-order valence-corrected chi connectivity index (χ3v) is 6.79. The van der Waals surface area contributed by atoms with E-state index in [1.807, 2.05) is 12.1 Å². The highest BCUT2D eigenvalue weighted by Gasteiger charge is 2.34. The summed E-state index contributed by atoms with van der Waals surface area (Å²) < 4.78 is 7.08. The lowest BCUT2D eigenvalue weighted by atomic mass is 9.79. The van der Waals surface area contributed by atoms with E-state index in [0.717, 1.165) is 33.6 Å². The quantitative estimate of drug-likeness (QED) is 0.591. The molecule has 1 aliphatic heterocycles. The second-order valence-electron chi connectivity index (χ2n) is 8.83. The molecule has 1 saturated heterocycles. The molecule has 0 bridgehead atoms. The summed E-state index contributed by atoms with van der Waals surface area (Å²) in [6.07, 6.45) is 8.47. The predicted molar refractivity (Wildman–Crippen MR) is 121 cm³/mol. The van der Waals surface area contributed by atoms with E-state index in [2.05, 4.69) is 37.8 Å². The van der Waals surface area contributed by atoms with Gasteiger partial charge >= 0.3 is 5.97 Å². The molecule has 162 valence electrons. The van der Waals surface area contributed by atoms with E-state index >= 15 is 0 Å². The van der Waals surface area contributed by atoms with E-state index in [4.69, 9.17) is 10.5 Å². The lowest BCUT2D eigenvalue weighted by Crippen LogP contribution is -2.43. The van der Waals surface area contributed by atoms with Crippen molar-refractivity contribution in [2.24, 2.45) is 5.92 Å². The molecular weight excluding hydrogens is 390 g/mol. The number of nitrogens with zero attached hydrogens (tertiary/aromatic N) is 4. The Morgan fingerprint density at radius 2 is 2.10 bits per heavy atom. The summed E-state index contributed by atoms with van der Waals surface area (Å²) in [5, 5.41) is 0.916. The van der Waals surface area contributed by atoms with Gasteiger partial charge in [-0.05, 0) is 55.8 Å². The highest BCUT2D eigenvalue weighted by atomic mass is 16.5. The zero-order chi connectivity index (χ0) is 21.4. The van der Waals surface area contributed by atoms with Crippen molar-refractivity contribution in [1.29, 1.82) is 0 Å². The van der Waals surface area contributed by atoms with Gasteiger partial charge < -0.3 is 19.9 Å². The molecule has 31 heavy (non-hydrogen) atoms. The largest absolute Gasteiger partial charge is 0.469 e. The third kappa shape index (κ3) is 3.90. The van der Waals surface area contributed by atoms with Crippen molar-refractivity contribution >= 4 is 22.8 Å². The normalized spacial score (nSPS) is 20.9. The zero-order valence-electron chi connectivity index (χ0n) is 18.0. The van der Waals surface area contributed by atoms with Crippen LogP contribution in [-0.4, -0.2) is 52.1 Å². The highest BCUT2D eigenvalue weighted by Crippen LogP contribution is 2.43. The average Bonchev–Trinajstić information content (AvgIpc) is 3.10. The number of esters is 1. The van der Waals surface area contributed by atoms with Crippen LogP contribution in [0.2, 0.25) is 0 Å². The fourth-order valence-corrected chi connectivity index (χ4v) is 4.85. The van der Waals surface area contributed by atoms with Gasteiger partial charge in [0.25, 0.3) is 0 Å². The van der Waals surface area contributed by atoms with Crippen LogP contribution in [0.15, 0.2) is 36.8 Å². The molecule has 1 aliphatic carbocycles. The summed E-state index contributed by atoms with van der Waals surface area (Å²) in [5.74, 6) is 1.08. The highest BCUT2D eigenvalue weighted by molar-refractivity contribution is 6.00. The molecule has 0 atom stereocenters. The second-order valence-corrected chi connectivity index (χ2v) is 8.83. The van der Waals surface area contributed by atoms with Crippen molar-refractivity contribution in [3.8, 4) is 11.1 Å². The van der Waals surface area contributed by atoms with E-state index in [-0.39, 0.29) is 5.97 Å². The summed E-state index contributed by atoms with van der Waals surface area (Å²) in [5.41, 5.74) is 10.4. The first-order valence-corrected chi connectivity index (χ1v) is 11.1. The van der Waals surface area contributed by atoms with Crippen molar-refractivity contribution in [3.05, 3.63) is 42.4 Å². The first-order valence-electron chi connectivity index (χ1n) is 11.1. The minimum Gasteiger partial charge on any atom is -0.469 e. The molecule has 0 unspecified atom stereocenters. The van der Waals surface area contributed by atoms with Crippen LogP contribution in [0.5, 0.6) is 0 Å². The zero-order valence-corrected chi connectivity index (χ0v) is 18.0. The van der Waals surface area contributed by atoms with Gasteiger partial charge in [-0.2, -0.15) is 0 Å². The van der Waals surface area contributed by atoms with Gasteiger partial charge in [0.1, 0.15) is 17.8 Å². The van der Waals surface area contributed by atoms with Gasteiger partial charge in [0.2, 0.25) is 0 Å². The number of anilines is 1. The smallest absolute Gasteiger partial charge is 0.305 e. The van der Waals surface area contributed by atoms with Crippen molar-refractivity contribution in [2.75, 3.05) is 32.5 Å². The fourth-order valence-electron chi connectivity index (χ4n) is 4.85. The third-order valence-electron chi connectivity index (χ3n) is 6.79. The average molecular weight is 420 g/mol. The van der Waals surface area contributed by atoms with E-state index in [1.54, 1.807) is 6.33 Å². The predicted octanol–water partition coefficient (Wildman–Crippen LogP) is 3.44. The molecule has 3 heterocycles. The summed E-state index contributed by atoms with van der Waals surface area (Å²) in [4.78, 5) is 22.9. The van der Waals surface area contributed by atoms with Gasteiger partial charge in [-0.25, -0.2) is 9.97 Å². The molecule has 1 aromatic carbocycles. The van der Waals surface area contributed by atoms with Crippen LogP contribution in [0.25, 0.3) is 22.2 Å². The number of likely N-dealkylation sites (tertiary alicyclic amines) is 1. The molecule has 0 spiro atoms. The monoisotopic (exact) mass is 419 g/mol. The minimum absolute atomic E-state index is 0.197. The lowest BCUT2D eigenvalue weighted by Gasteiger charge is -2.42. The summed E-state index contributed by atoms with van der Waals surface area (Å²) in [6.45, 7) is 3.74. The maximum atomic E-state index is 11.5. The Hall–Kier alpha value is -2.93. The van der Waals surface area contributed by atoms with Gasteiger partial charge in [0, 0.05) is 30.8 Å². The van der Waals surface area contributed by atoms with Crippen molar-refractivity contribution in [2.45, 2.75) is 38.1 Å². The molecule has 7 heteroatoms. The number of methoxy groups -OCH3 is 1. The van der Waals surface area contributed by atoms with Gasteiger partial charge in [0.05, 0.1) is 12.5 Å². The number of benzene rings is 1. The summed E-state index contributed by atoms with van der Waals surface area (Å²) >= 11 is 0. The number of aryl methyl sites for hydroxylation is 1. The van der Waals surface area contributed by atoms with Gasteiger partial charge in [0.15, 0.2) is 0 Å². The molecule has 2 aliphatic rings. The Morgan fingerprint density at radius 3 is 2.84 bits per heavy atom. The van der Waals surface area contributed by atoms with Crippen LogP contribution >= 0.6 is 0 Å². The number of hydrogen-bond acceptors (Lipinski definition) is 6. The molecule has 7 nitrogen and oxygen atoms in total.